The lowest BCUT2D eigenvalue weighted by Crippen LogP contribution is -2.30. The molecule has 3 aromatic carbocycles. The Morgan fingerprint density at radius 3 is 2.24 bits per heavy atom. The molecular formula is C31H32F3N5O5S. The summed E-state index contributed by atoms with van der Waals surface area (Å²) >= 11 is 0. The van der Waals surface area contributed by atoms with Crippen LogP contribution in [-0.4, -0.2) is 61.6 Å². The number of anilines is 3. The molecule has 0 amide bonds. The van der Waals surface area contributed by atoms with E-state index in [-0.39, 0.29) is 17.9 Å². The van der Waals surface area contributed by atoms with Gasteiger partial charge in [0.15, 0.2) is 16.5 Å². The normalized spacial score (nSPS) is 13.8. The third-order valence-corrected chi connectivity index (χ3v) is 8.55. The molecular weight excluding hydrogens is 611 g/mol. The van der Waals surface area contributed by atoms with Gasteiger partial charge in [-0.15, -0.1) is 0 Å². The van der Waals surface area contributed by atoms with Gasteiger partial charge in [-0.05, 0) is 99.9 Å². The number of hydrogen-bond acceptors (Lipinski definition) is 8. The molecule has 1 saturated heterocycles. The highest BCUT2D eigenvalue weighted by molar-refractivity contribution is 7.92. The number of piperidine rings is 1. The second kappa shape index (κ2) is 15.3. The molecule has 1 aliphatic heterocycles. The summed E-state index contributed by atoms with van der Waals surface area (Å²) in [5.41, 5.74) is 1.70. The number of likely N-dealkylation sites (tertiary alicyclic amines) is 1. The maximum atomic E-state index is 14.8. The quantitative estimate of drug-likeness (QED) is 0.180. The minimum absolute atomic E-state index is 0.107. The molecule has 0 saturated carbocycles. The van der Waals surface area contributed by atoms with E-state index in [0.717, 1.165) is 50.6 Å². The summed E-state index contributed by atoms with van der Waals surface area (Å²) in [5, 5.41) is 9.96. The molecule has 1 fully saturated rings. The van der Waals surface area contributed by atoms with Gasteiger partial charge in [-0.25, -0.2) is 31.6 Å². The molecule has 45 heavy (non-hydrogen) atoms. The Kier molecular flexibility index (Phi) is 11.3. The smallest absolute Gasteiger partial charge is 0.290 e. The number of carbonyl (C=O) groups is 1. The van der Waals surface area contributed by atoms with Gasteiger partial charge >= 0.3 is 0 Å². The summed E-state index contributed by atoms with van der Waals surface area (Å²) < 4.78 is 75.7. The number of carboxylic acid groups (broad SMARTS) is 1. The summed E-state index contributed by atoms with van der Waals surface area (Å²) in [5.74, 6) is -1.64. The minimum atomic E-state index is -4.48. The lowest BCUT2D eigenvalue weighted by molar-refractivity contribution is -0.122. The van der Waals surface area contributed by atoms with Crippen LogP contribution in [0.25, 0.3) is 11.3 Å². The summed E-state index contributed by atoms with van der Waals surface area (Å²) in [7, 11) is -2.36. The van der Waals surface area contributed by atoms with Crippen LogP contribution in [0.4, 0.5) is 30.4 Å². The van der Waals surface area contributed by atoms with Crippen LogP contribution in [0.3, 0.4) is 0 Å². The number of benzene rings is 3. The highest BCUT2D eigenvalue weighted by Crippen LogP contribution is 2.28. The lowest BCUT2D eigenvalue weighted by atomic mass is 9.94. The summed E-state index contributed by atoms with van der Waals surface area (Å²) in [4.78, 5) is 18.1. The fourth-order valence-corrected chi connectivity index (χ4v) is 5.96. The summed E-state index contributed by atoms with van der Waals surface area (Å²) in [6.07, 6.45) is 4.50. The molecule has 14 heteroatoms. The molecule has 5 rings (SSSR count). The van der Waals surface area contributed by atoms with Crippen molar-refractivity contribution in [2.75, 3.05) is 36.8 Å². The first-order valence-corrected chi connectivity index (χ1v) is 15.4. The van der Waals surface area contributed by atoms with Crippen molar-refractivity contribution in [2.45, 2.75) is 24.2 Å². The van der Waals surface area contributed by atoms with E-state index in [1.54, 1.807) is 30.3 Å². The van der Waals surface area contributed by atoms with Crippen LogP contribution in [0.1, 0.15) is 19.3 Å². The second-order valence-electron chi connectivity index (χ2n) is 10.3. The van der Waals surface area contributed by atoms with Gasteiger partial charge in [0.1, 0.15) is 23.8 Å². The number of aromatic nitrogens is 2. The Morgan fingerprint density at radius 2 is 1.60 bits per heavy atom. The van der Waals surface area contributed by atoms with Crippen LogP contribution in [-0.2, 0) is 14.8 Å². The van der Waals surface area contributed by atoms with Crippen LogP contribution in [0.2, 0.25) is 0 Å². The molecule has 2 heterocycles. The Morgan fingerprint density at radius 1 is 0.956 bits per heavy atom. The van der Waals surface area contributed by atoms with Gasteiger partial charge in [0, 0.05) is 23.0 Å². The number of rotatable bonds is 10. The average Bonchev–Trinajstić information content (AvgIpc) is 3.00. The Bertz CT molecular complexity index is 1680. The number of hydrogen-bond donors (Lipinski definition) is 3. The fraction of sp³-hybridized carbons (Fsp3) is 0.258. The minimum Gasteiger partial charge on any atom is -0.491 e. The van der Waals surface area contributed by atoms with Crippen molar-refractivity contribution in [1.29, 1.82) is 0 Å². The van der Waals surface area contributed by atoms with E-state index in [2.05, 4.69) is 32.0 Å². The van der Waals surface area contributed by atoms with Gasteiger partial charge < -0.3 is 20.1 Å². The van der Waals surface area contributed by atoms with Gasteiger partial charge in [-0.2, -0.15) is 0 Å². The molecule has 3 N–H and O–H groups in total. The van der Waals surface area contributed by atoms with Gasteiger partial charge in [0.2, 0.25) is 0 Å². The molecule has 0 atom stereocenters. The van der Waals surface area contributed by atoms with Gasteiger partial charge in [-0.3, -0.25) is 9.52 Å². The van der Waals surface area contributed by atoms with Crippen molar-refractivity contribution >= 4 is 33.7 Å². The standard InChI is InChI=1S/C30H30F3N5O3S.CH2O2/c1-38-14-11-20(12-15-38)13-16-41-28-10-5-21(17-26(28)33)27-18-29(35-19-34-27)36-22-6-8-23(9-7-22)37-42(39,40)30-24(31)3-2-4-25(30)32;2-1-3/h2-10,17-20,37H,11-16H2,1H3,(H,34,35,36);1H,(H,2,3). The van der Waals surface area contributed by atoms with Crippen molar-refractivity contribution in [3.63, 3.8) is 0 Å². The maximum Gasteiger partial charge on any atom is 0.290 e. The molecule has 10 nitrogen and oxygen atoms in total. The zero-order chi connectivity index (χ0) is 32.4. The van der Waals surface area contributed by atoms with Crippen LogP contribution in [0, 0.1) is 23.4 Å². The van der Waals surface area contributed by atoms with Crippen LogP contribution in [0.5, 0.6) is 5.75 Å². The molecule has 238 valence electrons. The highest BCUT2D eigenvalue weighted by Gasteiger charge is 2.24. The van der Waals surface area contributed by atoms with Crippen molar-refractivity contribution in [1.82, 2.24) is 14.9 Å². The lowest BCUT2D eigenvalue weighted by Gasteiger charge is -2.28. The molecule has 4 aromatic rings. The molecule has 0 unspecified atom stereocenters. The molecule has 1 aromatic heterocycles. The van der Waals surface area contributed by atoms with Crippen molar-refractivity contribution in [3.8, 4) is 17.0 Å². The molecule has 0 spiro atoms. The molecule has 0 radical (unpaired) electrons. The Balaban J connectivity index is 0.00000148. The van der Waals surface area contributed by atoms with Gasteiger partial charge in [0.05, 0.1) is 12.3 Å². The van der Waals surface area contributed by atoms with Crippen molar-refractivity contribution < 1.29 is 36.2 Å². The number of sulfonamides is 1. The molecule has 0 aliphatic carbocycles. The summed E-state index contributed by atoms with van der Waals surface area (Å²) in [6.45, 7) is 2.37. The number of ether oxygens (including phenoxy) is 1. The van der Waals surface area contributed by atoms with E-state index < -0.39 is 32.4 Å². The largest absolute Gasteiger partial charge is 0.491 e. The summed E-state index contributed by atoms with van der Waals surface area (Å²) in [6, 6.07) is 15.2. The monoisotopic (exact) mass is 643 g/mol. The first kappa shape index (κ1) is 33.2. The van der Waals surface area contributed by atoms with E-state index in [4.69, 9.17) is 14.6 Å². The zero-order valence-electron chi connectivity index (χ0n) is 24.3. The van der Waals surface area contributed by atoms with Crippen LogP contribution < -0.4 is 14.8 Å². The maximum absolute atomic E-state index is 14.8. The van der Waals surface area contributed by atoms with Crippen LogP contribution >= 0.6 is 0 Å². The highest BCUT2D eigenvalue weighted by atomic mass is 32.2. The first-order valence-electron chi connectivity index (χ1n) is 13.9. The SMILES string of the molecule is CN1CCC(CCOc2ccc(-c3cc(Nc4ccc(NS(=O)(=O)c5c(F)cccc5F)cc4)ncn3)cc2F)CC1.O=CO. The Hall–Kier alpha value is -4.69. The van der Waals surface area contributed by atoms with Crippen molar-refractivity contribution in [2.24, 2.45) is 5.92 Å². The zero-order valence-corrected chi connectivity index (χ0v) is 25.1. The predicted octanol–water partition coefficient (Wildman–Crippen LogP) is 5.92. The average molecular weight is 644 g/mol. The predicted molar refractivity (Wildman–Crippen MR) is 163 cm³/mol. The van der Waals surface area contributed by atoms with Crippen molar-refractivity contribution in [3.05, 3.63) is 90.5 Å². The topological polar surface area (TPSA) is 134 Å². The third kappa shape index (κ3) is 9.16. The van der Waals surface area contributed by atoms with E-state index >= 15 is 0 Å². The van der Waals surface area contributed by atoms with E-state index in [1.165, 1.54) is 24.5 Å². The number of nitrogens with zero attached hydrogens (tertiary/aromatic N) is 3. The number of halogens is 3. The fourth-order valence-electron chi connectivity index (χ4n) is 4.76. The van der Waals surface area contributed by atoms with E-state index in [9.17, 15) is 21.6 Å². The van der Waals surface area contributed by atoms with Crippen LogP contribution in [0.15, 0.2) is 78.0 Å². The van der Waals surface area contributed by atoms with E-state index in [1.807, 2.05) is 0 Å². The molecule has 1 aliphatic rings. The Labute approximate surface area is 259 Å². The van der Waals surface area contributed by atoms with Gasteiger partial charge in [-0.1, -0.05) is 6.07 Å². The van der Waals surface area contributed by atoms with Gasteiger partial charge in [0.25, 0.3) is 16.5 Å². The second-order valence-corrected chi connectivity index (χ2v) is 11.9. The molecule has 0 bridgehead atoms. The first-order chi connectivity index (χ1) is 21.6. The number of nitrogens with one attached hydrogen (secondary N) is 2. The third-order valence-electron chi connectivity index (χ3n) is 7.11. The van der Waals surface area contributed by atoms with E-state index in [0.29, 0.717) is 35.3 Å².